The molecule has 2 aromatic carbocycles. The zero-order valence-corrected chi connectivity index (χ0v) is 15.6. The van der Waals surface area contributed by atoms with Crippen LogP contribution in [0.5, 0.6) is 0 Å². The summed E-state index contributed by atoms with van der Waals surface area (Å²) in [6, 6.07) is 19.4. The fourth-order valence-electron chi connectivity index (χ4n) is 2.68. The molecule has 2 aromatic rings. The van der Waals surface area contributed by atoms with Crippen molar-refractivity contribution in [3.8, 4) is 0 Å². The van der Waals surface area contributed by atoms with Gasteiger partial charge in [0.2, 0.25) is 5.91 Å². The van der Waals surface area contributed by atoms with Crippen molar-refractivity contribution in [2.24, 2.45) is 11.7 Å². The third-order valence-corrected chi connectivity index (χ3v) is 4.21. The van der Waals surface area contributed by atoms with E-state index in [1.54, 1.807) is 7.11 Å². The van der Waals surface area contributed by atoms with E-state index in [9.17, 15) is 4.79 Å². The number of hydrogen-bond acceptors (Lipinski definition) is 3. The number of carbonyl (C=O) groups excluding carboxylic acids is 1. The largest absolute Gasteiger partial charge is 0.383 e. The molecule has 2 atom stereocenters. The fraction of sp³-hybridized carbons (Fsp3) is 0.350. The minimum atomic E-state index is -0.320. The van der Waals surface area contributed by atoms with Crippen LogP contribution < -0.4 is 5.73 Å². The van der Waals surface area contributed by atoms with Gasteiger partial charge in [-0.15, -0.1) is 12.4 Å². The summed E-state index contributed by atoms with van der Waals surface area (Å²) in [6.45, 7) is 3.52. The van der Waals surface area contributed by atoms with Crippen molar-refractivity contribution in [1.82, 2.24) is 4.90 Å². The Hall–Kier alpha value is -1.88. The molecule has 0 radical (unpaired) electrons. The molecule has 0 aromatic heterocycles. The second-order valence-corrected chi connectivity index (χ2v) is 5.96. The molecular weight excluding hydrogens is 336 g/mol. The molecule has 136 valence electrons. The summed E-state index contributed by atoms with van der Waals surface area (Å²) in [6.07, 6.45) is 0. The van der Waals surface area contributed by atoms with Crippen LogP contribution in [0.3, 0.4) is 0 Å². The van der Waals surface area contributed by atoms with E-state index in [0.717, 1.165) is 11.1 Å². The third kappa shape index (κ3) is 6.16. The number of amides is 1. The number of carbonyl (C=O) groups is 1. The molecule has 0 aliphatic heterocycles. The normalized spacial score (nSPS) is 12.8. The molecule has 0 aliphatic rings. The van der Waals surface area contributed by atoms with Crippen molar-refractivity contribution in [3.63, 3.8) is 0 Å². The lowest BCUT2D eigenvalue weighted by Crippen LogP contribution is -2.40. The third-order valence-electron chi connectivity index (χ3n) is 4.21. The molecule has 0 spiro atoms. The molecule has 0 saturated heterocycles. The van der Waals surface area contributed by atoms with E-state index in [4.69, 9.17) is 10.5 Å². The molecule has 2 unspecified atom stereocenters. The summed E-state index contributed by atoms with van der Waals surface area (Å²) in [5.41, 5.74) is 8.40. The first kappa shape index (κ1) is 21.2. The lowest BCUT2D eigenvalue weighted by atomic mass is 9.94. The highest BCUT2D eigenvalue weighted by Crippen LogP contribution is 2.22. The van der Waals surface area contributed by atoms with Crippen LogP contribution >= 0.6 is 12.4 Å². The van der Waals surface area contributed by atoms with Crippen LogP contribution in [0.2, 0.25) is 0 Å². The summed E-state index contributed by atoms with van der Waals surface area (Å²) in [5, 5.41) is 0. The molecule has 5 heteroatoms. The Morgan fingerprint density at radius 2 is 1.64 bits per heavy atom. The van der Waals surface area contributed by atoms with Gasteiger partial charge in [-0.05, 0) is 11.1 Å². The molecule has 2 N–H and O–H groups in total. The van der Waals surface area contributed by atoms with Crippen molar-refractivity contribution in [1.29, 1.82) is 0 Å². The quantitative estimate of drug-likeness (QED) is 0.782. The van der Waals surface area contributed by atoms with Gasteiger partial charge in [0, 0.05) is 26.2 Å². The van der Waals surface area contributed by atoms with E-state index in [2.05, 4.69) is 0 Å². The highest BCUT2D eigenvalue weighted by Gasteiger charge is 2.26. The van der Waals surface area contributed by atoms with Crippen LogP contribution in [0.1, 0.15) is 24.1 Å². The van der Waals surface area contributed by atoms with Crippen LogP contribution in [0.25, 0.3) is 0 Å². The lowest BCUT2D eigenvalue weighted by Gasteiger charge is -2.28. The average molecular weight is 363 g/mol. The molecule has 2 rings (SSSR count). The summed E-state index contributed by atoms with van der Waals surface area (Å²) in [5.74, 6) is -0.250. The molecule has 4 nitrogen and oxygen atoms in total. The molecule has 0 heterocycles. The van der Waals surface area contributed by atoms with Crippen LogP contribution in [-0.2, 0) is 16.1 Å². The number of halogens is 1. The second kappa shape index (κ2) is 10.9. The first-order valence-electron chi connectivity index (χ1n) is 8.25. The van der Waals surface area contributed by atoms with E-state index in [0.29, 0.717) is 19.7 Å². The Kier molecular flexibility index (Phi) is 9.21. The number of rotatable bonds is 8. The van der Waals surface area contributed by atoms with Crippen molar-refractivity contribution in [2.75, 3.05) is 20.3 Å². The summed E-state index contributed by atoms with van der Waals surface area (Å²) in [7, 11) is 1.64. The highest BCUT2D eigenvalue weighted by atomic mass is 35.5. The minimum Gasteiger partial charge on any atom is -0.383 e. The van der Waals surface area contributed by atoms with Gasteiger partial charge in [0.25, 0.3) is 0 Å². The Bertz CT molecular complexity index is 622. The molecule has 1 amide bonds. The SMILES string of the molecule is COCCN(Cc1ccccc1)C(=O)C(C)C(N)c1ccccc1.Cl. The van der Waals surface area contributed by atoms with E-state index in [-0.39, 0.29) is 30.3 Å². The number of methoxy groups -OCH3 is 1. The standard InChI is InChI=1S/C20H26N2O2.ClH/c1-16(19(21)18-11-7-4-8-12-18)20(23)22(13-14-24-2)15-17-9-5-3-6-10-17;/h3-12,16,19H,13-15,21H2,1-2H3;1H. The number of nitrogens with zero attached hydrogens (tertiary/aromatic N) is 1. The molecule has 0 fully saturated rings. The van der Waals surface area contributed by atoms with Gasteiger partial charge < -0.3 is 15.4 Å². The maximum atomic E-state index is 13.0. The number of nitrogens with two attached hydrogens (primary N) is 1. The number of hydrogen-bond donors (Lipinski definition) is 1. The van der Waals surface area contributed by atoms with E-state index in [1.165, 1.54) is 0 Å². The van der Waals surface area contributed by atoms with E-state index in [1.807, 2.05) is 72.5 Å². The summed E-state index contributed by atoms with van der Waals surface area (Å²) >= 11 is 0. The monoisotopic (exact) mass is 362 g/mol. The van der Waals surface area contributed by atoms with Gasteiger partial charge in [0.1, 0.15) is 0 Å². The number of benzene rings is 2. The molecule has 0 bridgehead atoms. The Balaban J connectivity index is 0.00000312. The average Bonchev–Trinajstić information content (AvgIpc) is 2.65. The summed E-state index contributed by atoms with van der Waals surface area (Å²) in [4.78, 5) is 14.8. The Labute approximate surface area is 156 Å². The van der Waals surface area contributed by atoms with Crippen molar-refractivity contribution in [3.05, 3.63) is 71.8 Å². The van der Waals surface area contributed by atoms with Crippen molar-refractivity contribution >= 4 is 18.3 Å². The zero-order valence-electron chi connectivity index (χ0n) is 14.8. The predicted molar refractivity (Wildman–Crippen MR) is 104 cm³/mol. The maximum Gasteiger partial charge on any atom is 0.227 e. The topological polar surface area (TPSA) is 55.6 Å². The minimum absolute atomic E-state index is 0. The van der Waals surface area contributed by atoms with Crippen LogP contribution in [-0.4, -0.2) is 31.1 Å². The van der Waals surface area contributed by atoms with Gasteiger partial charge in [-0.3, -0.25) is 4.79 Å². The molecule has 0 aliphatic carbocycles. The lowest BCUT2D eigenvalue weighted by molar-refractivity contribution is -0.137. The van der Waals surface area contributed by atoms with Gasteiger partial charge in [-0.2, -0.15) is 0 Å². The van der Waals surface area contributed by atoms with Gasteiger partial charge in [0.15, 0.2) is 0 Å². The van der Waals surface area contributed by atoms with Crippen LogP contribution in [0.4, 0.5) is 0 Å². The Morgan fingerprint density at radius 3 is 2.20 bits per heavy atom. The highest BCUT2D eigenvalue weighted by molar-refractivity contribution is 5.85. The smallest absolute Gasteiger partial charge is 0.227 e. The second-order valence-electron chi connectivity index (χ2n) is 5.96. The number of ether oxygens (including phenoxy) is 1. The zero-order chi connectivity index (χ0) is 17.4. The maximum absolute atomic E-state index is 13.0. The first-order chi connectivity index (χ1) is 11.6. The van der Waals surface area contributed by atoms with Crippen LogP contribution in [0.15, 0.2) is 60.7 Å². The Morgan fingerprint density at radius 1 is 1.08 bits per heavy atom. The summed E-state index contributed by atoms with van der Waals surface area (Å²) < 4.78 is 5.16. The fourth-order valence-corrected chi connectivity index (χ4v) is 2.68. The van der Waals surface area contributed by atoms with Crippen LogP contribution in [0, 0.1) is 5.92 Å². The molecule has 0 saturated carbocycles. The predicted octanol–water partition coefficient (Wildman–Crippen LogP) is 3.42. The van der Waals surface area contributed by atoms with Gasteiger partial charge in [-0.1, -0.05) is 67.6 Å². The van der Waals surface area contributed by atoms with Gasteiger partial charge in [0.05, 0.1) is 12.5 Å². The van der Waals surface area contributed by atoms with E-state index < -0.39 is 0 Å². The van der Waals surface area contributed by atoms with Gasteiger partial charge >= 0.3 is 0 Å². The molecular formula is C20H27ClN2O2. The van der Waals surface area contributed by atoms with Gasteiger partial charge in [-0.25, -0.2) is 0 Å². The first-order valence-corrected chi connectivity index (χ1v) is 8.25. The van der Waals surface area contributed by atoms with Crippen molar-refractivity contribution in [2.45, 2.75) is 19.5 Å². The van der Waals surface area contributed by atoms with E-state index >= 15 is 0 Å². The van der Waals surface area contributed by atoms with Crippen molar-refractivity contribution < 1.29 is 9.53 Å². The molecule has 25 heavy (non-hydrogen) atoms.